The summed E-state index contributed by atoms with van der Waals surface area (Å²) < 4.78 is 32.7. The van der Waals surface area contributed by atoms with Crippen LogP contribution in [-0.4, -0.2) is 20.4 Å². The van der Waals surface area contributed by atoms with Gasteiger partial charge >= 0.3 is 0 Å². The Balaban J connectivity index is 2.76. The molecule has 2 N–H and O–H groups in total. The summed E-state index contributed by atoms with van der Waals surface area (Å²) in [5.74, 6) is 0.804. The van der Waals surface area contributed by atoms with E-state index < -0.39 is 10.0 Å². The molecule has 0 bridgehead atoms. The van der Waals surface area contributed by atoms with E-state index in [1.54, 1.807) is 13.8 Å². The number of ether oxygens (including phenoxy) is 1. The summed E-state index contributed by atoms with van der Waals surface area (Å²) in [5.41, 5.74) is 2.86. The van der Waals surface area contributed by atoms with E-state index in [2.05, 4.69) is 4.72 Å². The van der Waals surface area contributed by atoms with Gasteiger partial charge in [0.25, 0.3) is 10.0 Å². The van der Waals surface area contributed by atoms with Crippen LogP contribution in [0.3, 0.4) is 0 Å². The Hall–Kier alpha value is -1.56. The second-order valence-corrected chi connectivity index (χ2v) is 7.47. The Labute approximate surface area is 119 Å². The average molecular weight is 296 g/mol. The highest BCUT2D eigenvalue weighted by Gasteiger charge is 2.36. The van der Waals surface area contributed by atoms with Crippen LogP contribution >= 0.6 is 0 Å². The first-order valence-electron chi connectivity index (χ1n) is 6.43. The summed E-state index contributed by atoms with van der Waals surface area (Å²) in [6, 6.07) is 0. The third kappa shape index (κ3) is 2.18. The van der Waals surface area contributed by atoms with Crippen molar-refractivity contribution in [3.05, 3.63) is 22.3 Å². The fraction of sp³-hybridized carbons (Fsp3) is 0.500. The van der Waals surface area contributed by atoms with Gasteiger partial charge in [-0.25, -0.2) is 8.42 Å². The van der Waals surface area contributed by atoms with Crippen molar-refractivity contribution < 1.29 is 13.2 Å². The van der Waals surface area contributed by atoms with Crippen LogP contribution in [0, 0.1) is 26.2 Å². The summed E-state index contributed by atoms with van der Waals surface area (Å²) in [4.78, 5) is 0.263. The molecule has 0 aromatic heterocycles. The maximum atomic E-state index is 12.3. The quantitative estimate of drug-likeness (QED) is 0.663. The molecule has 1 heterocycles. The fourth-order valence-electron chi connectivity index (χ4n) is 2.78. The highest BCUT2D eigenvalue weighted by atomic mass is 32.2. The molecule has 1 aromatic rings. The van der Waals surface area contributed by atoms with Crippen molar-refractivity contribution in [3.63, 3.8) is 0 Å². The van der Waals surface area contributed by atoms with Crippen LogP contribution in [0.15, 0.2) is 4.90 Å². The van der Waals surface area contributed by atoms with Crippen LogP contribution in [-0.2, 0) is 16.4 Å². The van der Waals surface area contributed by atoms with E-state index in [0.717, 1.165) is 16.9 Å². The van der Waals surface area contributed by atoms with E-state index in [4.69, 9.17) is 10.1 Å². The van der Waals surface area contributed by atoms with Gasteiger partial charge in [0.2, 0.25) is 0 Å². The average Bonchev–Trinajstić information content (AvgIpc) is 2.62. The molecule has 1 aliphatic rings. The predicted molar refractivity (Wildman–Crippen MR) is 78.2 cm³/mol. The second-order valence-electron chi connectivity index (χ2n) is 5.82. The van der Waals surface area contributed by atoms with Crippen LogP contribution in [0.4, 0.5) is 0 Å². The lowest BCUT2D eigenvalue weighted by molar-refractivity contribution is 0.137. The first-order valence-corrected chi connectivity index (χ1v) is 7.92. The molecule has 5 nitrogen and oxygen atoms in total. The van der Waals surface area contributed by atoms with Crippen molar-refractivity contribution >= 4 is 16.4 Å². The topological polar surface area (TPSA) is 79.3 Å². The molecule has 0 fully saturated rings. The molecular formula is C14H20N2O3S. The third-order valence-corrected chi connectivity index (χ3v) is 5.35. The normalized spacial score (nSPS) is 16.4. The van der Waals surface area contributed by atoms with Crippen molar-refractivity contribution in [2.45, 2.75) is 51.5 Å². The van der Waals surface area contributed by atoms with Gasteiger partial charge in [0.05, 0.1) is 11.2 Å². The molecule has 110 valence electrons. The summed E-state index contributed by atoms with van der Waals surface area (Å²) in [6.07, 6.45) is 1.37. The second kappa shape index (κ2) is 4.48. The minimum atomic E-state index is -3.70. The van der Waals surface area contributed by atoms with E-state index in [9.17, 15) is 8.42 Å². The number of sulfonamides is 1. The molecule has 0 aliphatic carbocycles. The van der Waals surface area contributed by atoms with Gasteiger partial charge in [-0.05, 0) is 51.3 Å². The largest absolute Gasteiger partial charge is 0.487 e. The number of rotatable bonds is 3. The van der Waals surface area contributed by atoms with Crippen LogP contribution in [0.25, 0.3) is 0 Å². The minimum Gasteiger partial charge on any atom is -0.487 e. The van der Waals surface area contributed by atoms with Crippen molar-refractivity contribution in [3.8, 4) is 5.75 Å². The van der Waals surface area contributed by atoms with Crippen molar-refractivity contribution in [2.24, 2.45) is 0 Å². The van der Waals surface area contributed by atoms with Gasteiger partial charge in [-0.1, -0.05) is 0 Å². The predicted octanol–water partition coefficient (Wildman–Crippen LogP) is 2.21. The molecular weight excluding hydrogens is 276 g/mol. The molecule has 0 amide bonds. The summed E-state index contributed by atoms with van der Waals surface area (Å²) >= 11 is 0. The first-order chi connectivity index (χ1) is 9.10. The molecule has 0 saturated heterocycles. The summed E-state index contributed by atoms with van der Waals surface area (Å²) in [6.45, 7) is 9.43. The van der Waals surface area contributed by atoms with E-state index in [1.165, 1.54) is 0 Å². The van der Waals surface area contributed by atoms with Gasteiger partial charge in [0, 0.05) is 12.0 Å². The number of fused-ring (bicyclic) bond motifs is 1. The molecule has 20 heavy (non-hydrogen) atoms. The zero-order valence-electron chi connectivity index (χ0n) is 12.4. The molecule has 0 unspecified atom stereocenters. The molecule has 2 rings (SSSR count). The Bertz CT molecular complexity index is 691. The summed E-state index contributed by atoms with van der Waals surface area (Å²) in [5, 5.41) is 6.98. The lowest BCUT2D eigenvalue weighted by Crippen LogP contribution is -2.25. The van der Waals surface area contributed by atoms with Crippen LogP contribution < -0.4 is 9.46 Å². The lowest BCUT2D eigenvalue weighted by atomic mass is 9.94. The first kappa shape index (κ1) is 14.8. The van der Waals surface area contributed by atoms with Gasteiger partial charge in [-0.15, -0.1) is 0 Å². The lowest BCUT2D eigenvalue weighted by Gasteiger charge is -2.19. The summed E-state index contributed by atoms with van der Waals surface area (Å²) in [7, 11) is -3.70. The van der Waals surface area contributed by atoms with Crippen molar-refractivity contribution in [1.29, 1.82) is 5.41 Å². The van der Waals surface area contributed by atoms with Crippen LogP contribution in [0.1, 0.15) is 36.1 Å². The molecule has 0 spiro atoms. The molecule has 6 heteroatoms. The maximum Gasteiger partial charge on any atom is 0.263 e. The third-order valence-electron chi connectivity index (χ3n) is 3.77. The van der Waals surface area contributed by atoms with Crippen molar-refractivity contribution in [2.75, 3.05) is 0 Å². The van der Waals surface area contributed by atoms with Crippen LogP contribution in [0.2, 0.25) is 0 Å². The minimum absolute atomic E-state index is 0.263. The molecule has 0 saturated carbocycles. The SMILES string of the molecule is Cc1c(C)c(S(=O)(=O)NC=N)c(C)c2c1OC(C)(C)C2. The molecule has 0 radical (unpaired) electrons. The zero-order chi connectivity index (χ0) is 15.3. The Morgan fingerprint density at radius 2 is 1.80 bits per heavy atom. The number of nitrogens with one attached hydrogen (secondary N) is 2. The number of hydrogen-bond donors (Lipinski definition) is 2. The number of hydrogen-bond acceptors (Lipinski definition) is 4. The Morgan fingerprint density at radius 1 is 1.20 bits per heavy atom. The van der Waals surface area contributed by atoms with Crippen LogP contribution in [0.5, 0.6) is 5.75 Å². The highest BCUT2D eigenvalue weighted by Crippen LogP contribution is 2.43. The standard InChI is InChI=1S/C14H20N2O3S/c1-8-9(2)13(20(17,18)16-7-15)10(3)11-6-14(4,5)19-12(8)11/h7H,6H2,1-5H3,(H2,15,16). The maximum absolute atomic E-state index is 12.3. The van der Waals surface area contributed by atoms with E-state index in [-0.39, 0.29) is 10.5 Å². The highest BCUT2D eigenvalue weighted by molar-refractivity contribution is 7.90. The van der Waals surface area contributed by atoms with E-state index in [1.807, 2.05) is 20.8 Å². The van der Waals surface area contributed by atoms with Gasteiger partial charge in [-0.3, -0.25) is 10.1 Å². The molecule has 0 atom stereocenters. The molecule has 1 aromatic carbocycles. The van der Waals surface area contributed by atoms with E-state index >= 15 is 0 Å². The van der Waals surface area contributed by atoms with Gasteiger partial charge in [0.15, 0.2) is 0 Å². The monoisotopic (exact) mass is 296 g/mol. The van der Waals surface area contributed by atoms with Crippen molar-refractivity contribution in [1.82, 2.24) is 4.72 Å². The zero-order valence-corrected chi connectivity index (χ0v) is 13.2. The Kier molecular flexibility index (Phi) is 3.32. The van der Waals surface area contributed by atoms with E-state index in [0.29, 0.717) is 23.9 Å². The van der Waals surface area contributed by atoms with Gasteiger partial charge < -0.3 is 4.74 Å². The smallest absolute Gasteiger partial charge is 0.263 e. The number of benzene rings is 1. The molecule has 1 aliphatic heterocycles. The Morgan fingerprint density at radius 3 is 2.35 bits per heavy atom. The fourth-order valence-corrected chi connectivity index (χ4v) is 4.14. The van der Waals surface area contributed by atoms with Gasteiger partial charge in [0.1, 0.15) is 11.4 Å². The van der Waals surface area contributed by atoms with Gasteiger partial charge in [-0.2, -0.15) is 0 Å².